The van der Waals surface area contributed by atoms with Crippen molar-refractivity contribution < 1.29 is 18.7 Å². The Morgan fingerprint density at radius 1 is 0.944 bits per heavy atom. The second kappa shape index (κ2) is 10.2. The molecule has 2 heterocycles. The molecule has 0 saturated carbocycles. The number of pyridine rings is 1. The first-order valence-corrected chi connectivity index (χ1v) is 11.4. The summed E-state index contributed by atoms with van der Waals surface area (Å²) in [5.74, 6) is -0.372. The largest absolute Gasteiger partial charge is 0.449 e. The van der Waals surface area contributed by atoms with E-state index in [2.05, 4.69) is 10.3 Å². The number of anilines is 1. The second-order valence-corrected chi connectivity index (χ2v) is 8.19. The highest BCUT2D eigenvalue weighted by Crippen LogP contribution is 2.36. The molecule has 0 atom stereocenters. The number of hydrogen-bond donors (Lipinski definition) is 1. The quantitative estimate of drug-likeness (QED) is 0.390. The van der Waals surface area contributed by atoms with Gasteiger partial charge in [-0.3, -0.25) is 19.5 Å². The zero-order valence-corrected chi connectivity index (χ0v) is 19.2. The van der Waals surface area contributed by atoms with Gasteiger partial charge in [-0.15, -0.1) is 0 Å². The molecular weight excluding hydrogens is 457 g/mol. The summed E-state index contributed by atoms with van der Waals surface area (Å²) in [5.41, 5.74) is 2.91. The van der Waals surface area contributed by atoms with Crippen LogP contribution in [0.15, 0.2) is 103 Å². The fourth-order valence-corrected chi connectivity index (χ4v) is 3.87. The van der Waals surface area contributed by atoms with Gasteiger partial charge in [-0.05, 0) is 54.1 Å². The lowest BCUT2D eigenvalue weighted by Crippen LogP contribution is -2.37. The number of halogens is 1. The first-order chi connectivity index (χ1) is 17.6. The zero-order chi connectivity index (χ0) is 24.9. The lowest BCUT2D eigenvalue weighted by Gasteiger charge is -2.30. The summed E-state index contributed by atoms with van der Waals surface area (Å²) < 4.78 is 20.2. The van der Waals surface area contributed by atoms with Gasteiger partial charge < -0.3 is 10.1 Å². The van der Waals surface area contributed by atoms with Crippen molar-refractivity contribution in [2.24, 2.45) is 0 Å². The third-order valence-electron chi connectivity index (χ3n) is 5.75. The molecule has 2 amide bonds. The van der Waals surface area contributed by atoms with Gasteiger partial charge >= 0.3 is 0 Å². The predicted molar refractivity (Wildman–Crippen MR) is 134 cm³/mol. The van der Waals surface area contributed by atoms with E-state index in [4.69, 9.17) is 4.74 Å². The van der Waals surface area contributed by atoms with E-state index in [1.54, 1.807) is 72.9 Å². The van der Waals surface area contributed by atoms with Crippen LogP contribution in [0.1, 0.15) is 27.2 Å². The number of ether oxygens (including phenoxy) is 1. The minimum atomic E-state index is -0.380. The average Bonchev–Trinajstić information content (AvgIpc) is 2.91. The smallest absolute Gasteiger partial charge is 0.294 e. The van der Waals surface area contributed by atoms with Crippen LogP contribution in [0.3, 0.4) is 0 Å². The first-order valence-electron chi connectivity index (χ1n) is 11.4. The fraction of sp³-hybridized carbons (Fsp3) is 0.0690. The maximum atomic E-state index is 14.3. The van der Waals surface area contributed by atoms with Crippen LogP contribution >= 0.6 is 0 Å². The van der Waals surface area contributed by atoms with Crippen LogP contribution in [0.2, 0.25) is 0 Å². The van der Waals surface area contributed by atoms with Crippen LogP contribution in [0, 0.1) is 5.82 Å². The van der Waals surface area contributed by atoms with Crippen molar-refractivity contribution in [3.63, 3.8) is 0 Å². The second-order valence-electron chi connectivity index (χ2n) is 8.19. The topological polar surface area (TPSA) is 71.5 Å². The van der Waals surface area contributed by atoms with Crippen molar-refractivity contribution in [2.45, 2.75) is 13.1 Å². The Kier molecular flexibility index (Phi) is 6.53. The van der Waals surface area contributed by atoms with Crippen molar-refractivity contribution >= 4 is 23.6 Å². The molecule has 1 aromatic heterocycles. The van der Waals surface area contributed by atoms with Crippen LogP contribution < -0.4 is 15.0 Å². The van der Waals surface area contributed by atoms with Crippen molar-refractivity contribution in [2.75, 3.05) is 4.90 Å². The first kappa shape index (κ1) is 23.0. The van der Waals surface area contributed by atoms with Crippen LogP contribution in [-0.4, -0.2) is 16.8 Å². The molecule has 4 aromatic rings. The molecule has 0 bridgehead atoms. The third-order valence-corrected chi connectivity index (χ3v) is 5.75. The minimum absolute atomic E-state index is 0.0681. The maximum Gasteiger partial charge on any atom is 0.294 e. The lowest BCUT2D eigenvalue weighted by atomic mass is 10.1. The molecule has 0 fully saturated rings. The van der Waals surface area contributed by atoms with E-state index in [9.17, 15) is 14.0 Å². The van der Waals surface area contributed by atoms with Crippen molar-refractivity contribution in [3.8, 4) is 5.75 Å². The summed E-state index contributed by atoms with van der Waals surface area (Å²) in [4.78, 5) is 31.5. The molecule has 6 nitrogen and oxygen atoms in total. The van der Waals surface area contributed by atoms with E-state index in [-0.39, 0.29) is 29.9 Å². The average molecular weight is 480 g/mol. The molecule has 178 valence electrons. The van der Waals surface area contributed by atoms with Gasteiger partial charge in [0, 0.05) is 17.3 Å². The maximum absolute atomic E-state index is 14.3. The van der Waals surface area contributed by atoms with Crippen LogP contribution in [0.25, 0.3) is 6.08 Å². The van der Waals surface area contributed by atoms with E-state index in [0.29, 0.717) is 34.7 Å². The highest BCUT2D eigenvalue weighted by Gasteiger charge is 2.30. The number of aromatic nitrogens is 1. The van der Waals surface area contributed by atoms with Gasteiger partial charge in [-0.2, -0.15) is 0 Å². The molecule has 0 spiro atoms. The summed E-state index contributed by atoms with van der Waals surface area (Å²) >= 11 is 0. The fourth-order valence-electron chi connectivity index (χ4n) is 3.87. The molecule has 1 N–H and O–H groups in total. The van der Waals surface area contributed by atoms with Crippen LogP contribution in [0.4, 0.5) is 10.1 Å². The van der Waals surface area contributed by atoms with E-state index < -0.39 is 0 Å². The number of nitrogens with zero attached hydrogens (tertiary/aromatic N) is 2. The number of para-hydroxylation sites is 2. The van der Waals surface area contributed by atoms with Gasteiger partial charge in [-0.25, -0.2) is 4.39 Å². The molecule has 0 aliphatic carbocycles. The number of fused-ring (bicyclic) bond motifs is 1. The van der Waals surface area contributed by atoms with Crippen LogP contribution in [-0.2, 0) is 17.9 Å². The molecule has 0 radical (unpaired) electrons. The number of carbonyl (C=O) groups is 2. The molecule has 1 aliphatic rings. The van der Waals surface area contributed by atoms with Gasteiger partial charge in [-0.1, -0.05) is 48.5 Å². The molecule has 1 aliphatic heterocycles. The lowest BCUT2D eigenvalue weighted by molar-refractivity contribution is -0.117. The third kappa shape index (κ3) is 5.00. The molecular formula is C29H22FN3O3. The number of rotatable bonds is 6. The number of benzene rings is 3. The molecule has 3 aromatic carbocycles. The highest BCUT2D eigenvalue weighted by molar-refractivity contribution is 6.09. The number of nitrogens with one attached hydrogen (secondary N) is 1. The molecule has 36 heavy (non-hydrogen) atoms. The van der Waals surface area contributed by atoms with Gasteiger partial charge in [0.2, 0.25) is 0 Å². The predicted octanol–water partition coefficient (Wildman–Crippen LogP) is 5.12. The Bertz CT molecular complexity index is 1440. The molecule has 0 unspecified atom stereocenters. The normalized spacial score (nSPS) is 13.8. The monoisotopic (exact) mass is 479 g/mol. The Balaban J connectivity index is 1.35. The number of hydrogen-bond acceptors (Lipinski definition) is 4. The van der Waals surface area contributed by atoms with Crippen molar-refractivity contribution in [1.82, 2.24) is 10.3 Å². The Morgan fingerprint density at radius 2 is 1.69 bits per heavy atom. The van der Waals surface area contributed by atoms with Crippen LogP contribution in [0.5, 0.6) is 5.75 Å². The Morgan fingerprint density at radius 3 is 2.47 bits per heavy atom. The van der Waals surface area contributed by atoms with E-state index in [0.717, 1.165) is 5.69 Å². The Hall–Kier alpha value is -4.78. The summed E-state index contributed by atoms with van der Waals surface area (Å²) in [6, 6.07) is 25.9. The molecule has 0 saturated heterocycles. The van der Waals surface area contributed by atoms with E-state index in [1.807, 2.05) is 24.3 Å². The molecule has 7 heteroatoms. The summed E-state index contributed by atoms with van der Waals surface area (Å²) in [5, 5.41) is 2.83. The summed E-state index contributed by atoms with van der Waals surface area (Å²) in [7, 11) is 0. The summed E-state index contributed by atoms with van der Waals surface area (Å²) in [6.07, 6.45) is 3.29. The number of carbonyl (C=O) groups excluding carboxylic acids is 2. The standard InChI is InChI=1S/C29H22FN3O3/c30-24-9-2-1-7-22(24)19-33-25-10-3-4-11-26(25)36-27(29(33)35)17-20-12-14-21(15-13-20)28(34)32-18-23-8-5-6-16-31-23/h1-17H,18-19H2,(H,32,34). The van der Waals surface area contributed by atoms with Gasteiger partial charge in [0.05, 0.1) is 24.5 Å². The van der Waals surface area contributed by atoms with E-state index >= 15 is 0 Å². The Labute approximate surface area is 207 Å². The minimum Gasteiger partial charge on any atom is -0.449 e. The van der Waals surface area contributed by atoms with Gasteiger partial charge in [0.1, 0.15) is 5.82 Å². The molecule has 5 rings (SSSR count). The SMILES string of the molecule is O=C(NCc1ccccn1)c1ccc(C=C2Oc3ccccc3N(Cc3ccccc3F)C2=O)cc1. The summed E-state index contributed by atoms with van der Waals surface area (Å²) in [6.45, 7) is 0.393. The number of amides is 2. The van der Waals surface area contributed by atoms with Gasteiger partial charge in [0.25, 0.3) is 11.8 Å². The van der Waals surface area contributed by atoms with E-state index in [1.165, 1.54) is 11.0 Å². The van der Waals surface area contributed by atoms with Crippen molar-refractivity contribution in [1.29, 1.82) is 0 Å². The zero-order valence-electron chi connectivity index (χ0n) is 19.2. The van der Waals surface area contributed by atoms with Crippen molar-refractivity contribution in [3.05, 3.63) is 131 Å². The highest BCUT2D eigenvalue weighted by atomic mass is 19.1. The van der Waals surface area contributed by atoms with Gasteiger partial charge in [0.15, 0.2) is 11.5 Å².